The van der Waals surface area contributed by atoms with Gasteiger partial charge in [-0.1, -0.05) is 3.71 Å². The van der Waals surface area contributed by atoms with Gasteiger partial charge in [0.15, 0.2) is 0 Å². The lowest BCUT2D eigenvalue weighted by atomic mass is 11.5. The summed E-state index contributed by atoms with van der Waals surface area (Å²) in [6.07, 6.45) is 1.39. The van der Waals surface area contributed by atoms with Crippen molar-refractivity contribution < 1.29 is 16.8 Å². The van der Waals surface area contributed by atoms with Crippen LogP contribution in [0.2, 0.25) is 0 Å². The number of nitrogens with zero attached hydrogens (tertiary/aromatic N) is 2. The molecule has 0 rings (SSSR count). The molecule has 0 amide bonds. The van der Waals surface area contributed by atoms with Crippen LogP contribution in [0.15, 0.2) is 0 Å². The molecule has 64 valence electrons. The molecule has 11 heavy (non-hydrogen) atoms. The van der Waals surface area contributed by atoms with Crippen LogP contribution in [0.1, 0.15) is 0 Å². The molecule has 0 radical (unpaired) electrons. The van der Waals surface area contributed by atoms with Crippen molar-refractivity contribution in [2.24, 2.45) is 0 Å². The Bertz CT molecular complexity index is 196. The predicted octanol–water partition coefficient (Wildman–Crippen LogP) is -0.780. The summed E-state index contributed by atoms with van der Waals surface area (Å²) in [7, 11) is 2.24. The van der Waals surface area contributed by atoms with Crippen molar-refractivity contribution in [3.63, 3.8) is 0 Å². The van der Waals surface area contributed by atoms with E-state index in [0.717, 1.165) is 14.2 Å². The van der Waals surface area contributed by atoms with E-state index in [9.17, 15) is 8.42 Å². The third kappa shape index (κ3) is 2.94. The maximum Gasteiger partial charge on any atom is 0.287 e. The van der Waals surface area contributed by atoms with Crippen molar-refractivity contribution in [3.05, 3.63) is 0 Å². The van der Waals surface area contributed by atoms with Crippen LogP contribution in [0.3, 0.4) is 0 Å². The van der Waals surface area contributed by atoms with E-state index in [1.54, 1.807) is 0 Å². The fourth-order valence-corrected chi connectivity index (χ4v) is 1.42. The molecule has 0 saturated heterocycles. The lowest BCUT2D eigenvalue weighted by Gasteiger charge is -2.07. The van der Waals surface area contributed by atoms with Crippen LogP contribution in [-0.4, -0.2) is 26.3 Å². The Labute approximate surface area is 69.3 Å². The number of rotatable bonds is 4. The first-order chi connectivity index (χ1) is 5.17. The smallest absolute Gasteiger partial charge is 0.276 e. The SMILES string of the molecule is COS(=O)N(C#N)S(=O)OC. The molecule has 0 saturated carbocycles. The lowest BCUT2D eigenvalue weighted by Crippen LogP contribution is -2.24. The van der Waals surface area contributed by atoms with Gasteiger partial charge in [-0.2, -0.15) is 5.26 Å². The van der Waals surface area contributed by atoms with Gasteiger partial charge in [0, 0.05) is 0 Å². The average Bonchev–Trinajstić information content (AvgIpc) is 2.05. The van der Waals surface area contributed by atoms with Gasteiger partial charge in [0.05, 0.1) is 14.2 Å². The molecule has 0 aromatic rings. The number of hydrogen-bond acceptors (Lipinski definition) is 5. The Balaban J connectivity index is 4.31. The quantitative estimate of drug-likeness (QED) is 0.437. The molecule has 6 nitrogen and oxygen atoms in total. The molecule has 0 aliphatic rings. The van der Waals surface area contributed by atoms with Crippen molar-refractivity contribution in [2.45, 2.75) is 0 Å². The molecule has 8 heteroatoms. The van der Waals surface area contributed by atoms with E-state index in [-0.39, 0.29) is 0 Å². The van der Waals surface area contributed by atoms with Crippen molar-refractivity contribution in [1.29, 1.82) is 5.26 Å². The van der Waals surface area contributed by atoms with Gasteiger partial charge < -0.3 is 0 Å². The Morgan fingerprint density at radius 1 is 1.27 bits per heavy atom. The average molecular weight is 198 g/mol. The first kappa shape index (κ1) is 10.5. The minimum absolute atomic E-state index is 0.375. The van der Waals surface area contributed by atoms with Crippen molar-refractivity contribution >= 4 is 22.5 Å². The zero-order chi connectivity index (χ0) is 8.85. The van der Waals surface area contributed by atoms with Crippen LogP contribution < -0.4 is 0 Å². The summed E-state index contributed by atoms with van der Waals surface area (Å²) in [5, 5.41) is 8.26. The van der Waals surface area contributed by atoms with Gasteiger partial charge in [-0.05, 0) is 0 Å². The molecule has 2 unspecified atom stereocenters. The second kappa shape index (κ2) is 5.20. The third-order valence-corrected chi connectivity index (χ3v) is 2.64. The van der Waals surface area contributed by atoms with Crippen LogP contribution >= 0.6 is 0 Å². The minimum atomic E-state index is -2.05. The molecule has 0 heterocycles. The molecular weight excluding hydrogens is 192 g/mol. The largest absolute Gasteiger partial charge is 0.287 e. The van der Waals surface area contributed by atoms with E-state index < -0.39 is 22.5 Å². The molecule has 0 fully saturated rings. The van der Waals surface area contributed by atoms with Crippen molar-refractivity contribution in [2.75, 3.05) is 14.2 Å². The van der Waals surface area contributed by atoms with E-state index in [1.165, 1.54) is 6.19 Å². The van der Waals surface area contributed by atoms with Crippen molar-refractivity contribution in [1.82, 2.24) is 3.71 Å². The van der Waals surface area contributed by atoms with Gasteiger partial charge >= 0.3 is 0 Å². The van der Waals surface area contributed by atoms with E-state index >= 15 is 0 Å². The summed E-state index contributed by atoms with van der Waals surface area (Å²) in [5.41, 5.74) is 0. The maximum atomic E-state index is 10.7. The Hall–Kier alpha value is -0.490. The zero-order valence-electron chi connectivity index (χ0n) is 5.84. The topological polar surface area (TPSA) is 79.6 Å². The molecule has 0 aliphatic carbocycles. The molecular formula is C3H6N2O4S2. The van der Waals surface area contributed by atoms with Gasteiger partial charge in [0.25, 0.3) is 22.5 Å². The van der Waals surface area contributed by atoms with E-state index in [2.05, 4.69) is 8.37 Å². The van der Waals surface area contributed by atoms with Gasteiger partial charge in [-0.25, -0.2) is 8.42 Å². The molecule has 0 bridgehead atoms. The highest BCUT2D eigenvalue weighted by Crippen LogP contribution is 1.99. The van der Waals surface area contributed by atoms with Gasteiger partial charge in [-0.15, -0.1) is 0 Å². The predicted molar refractivity (Wildman–Crippen MR) is 37.8 cm³/mol. The minimum Gasteiger partial charge on any atom is -0.276 e. The van der Waals surface area contributed by atoms with Crippen LogP contribution in [0.5, 0.6) is 0 Å². The fraction of sp³-hybridized carbons (Fsp3) is 0.667. The molecule has 0 aromatic heterocycles. The lowest BCUT2D eigenvalue weighted by molar-refractivity contribution is 0.402. The highest BCUT2D eigenvalue weighted by Gasteiger charge is 2.18. The monoisotopic (exact) mass is 198 g/mol. The number of hydrogen-bond donors (Lipinski definition) is 0. The van der Waals surface area contributed by atoms with Gasteiger partial charge in [0.2, 0.25) is 6.19 Å². The second-order valence-corrected chi connectivity index (χ2v) is 3.62. The summed E-state index contributed by atoms with van der Waals surface area (Å²) in [4.78, 5) is 0. The van der Waals surface area contributed by atoms with E-state index in [0.29, 0.717) is 3.71 Å². The zero-order valence-corrected chi connectivity index (χ0v) is 7.48. The molecule has 0 aromatic carbocycles. The highest BCUT2D eigenvalue weighted by atomic mass is 32.3. The third-order valence-electron chi connectivity index (χ3n) is 0.638. The standard InChI is InChI=1S/C3H6N2O4S2/c1-8-10(6)5(3-4)11(7)9-2/h1-2H3. The second-order valence-electron chi connectivity index (χ2n) is 1.12. The first-order valence-corrected chi connectivity index (χ1v) is 4.36. The maximum absolute atomic E-state index is 10.7. The Kier molecular flexibility index (Phi) is 4.97. The van der Waals surface area contributed by atoms with Crippen LogP contribution in [0.4, 0.5) is 0 Å². The normalized spacial score (nSPS) is 15.0. The summed E-state index contributed by atoms with van der Waals surface area (Å²) in [6.45, 7) is 0. The van der Waals surface area contributed by atoms with Crippen LogP contribution in [-0.2, 0) is 30.9 Å². The molecule has 0 N–H and O–H groups in total. The molecule has 0 aliphatic heterocycles. The van der Waals surface area contributed by atoms with E-state index in [1.807, 2.05) is 0 Å². The highest BCUT2D eigenvalue weighted by molar-refractivity contribution is 7.93. The van der Waals surface area contributed by atoms with Gasteiger partial charge in [0.1, 0.15) is 0 Å². The summed E-state index contributed by atoms with van der Waals surface area (Å²) >= 11 is -4.10. The number of nitriles is 1. The van der Waals surface area contributed by atoms with E-state index in [4.69, 9.17) is 5.26 Å². The fourth-order valence-electron chi connectivity index (χ4n) is 0.252. The first-order valence-electron chi connectivity index (χ1n) is 2.30. The Morgan fingerprint density at radius 3 is 1.82 bits per heavy atom. The van der Waals surface area contributed by atoms with Gasteiger partial charge in [-0.3, -0.25) is 8.37 Å². The van der Waals surface area contributed by atoms with Crippen LogP contribution in [0.25, 0.3) is 0 Å². The summed E-state index contributed by atoms with van der Waals surface area (Å²) in [5.74, 6) is 0. The Morgan fingerprint density at radius 2 is 1.64 bits per heavy atom. The molecule has 0 spiro atoms. The summed E-state index contributed by atoms with van der Waals surface area (Å²) < 4.78 is 30.2. The summed E-state index contributed by atoms with van der Waals surface area (Å²) in [6, 6.07) is 0. The molecule has 2 atom stereocenters. The van der Waals surface area contributed by atoms with Crippen LogP contribution in [0, 0.1) is 11.5 Å². The van der Waals surface area contributed by atoms with Crippen molar-refractivity contribution in [3.8, 4) is 6.19 Å².